The fourth-order valence-electron chi connectivity index (χ4n) is 5.49. The molecule has 0 aromatic carbocycles. The molecule has 6 nitrogen and oxygen atoms in total. The second-order valence-electron chi connectivity index (χ2n) is 9.67. The number of fused-ring (bicyclic) bond motifs is 1. The summed E-state index contributed by atoms with van der Waals surface area (Å²) < 4.78 is 6.20. The summed E-state index contributed by atoms with van der Waals surface area (Å²) in [5.74, 6) is -0.847. The van der Waals surface area contributed by atoms with Crippen LogP contribution < -0.4 is 5.11 Å². The van der Waals surface area contributed by atoms with Crippen molar-refractivity contribution in [1.29, 1.82) is 0 Å². The van der Waals surface area contributed by atoms with Gasteiger partial charge in [0, 0.05) is 18.3 Å². The van der Waals surface area contributed by atoms with Gasteiger partial charge >= 0.3 is 5.97 Å². The molecule has 2 N–H and O–H groups in total. The lowest BCUT2D eigenvalue weighted by Gasteiger charge is -2.43. The molecule has 0 aromatic rings. The molecule has 0 saturated heterocycles. The van der Waals surface area contributed by atoms with Crippen molar-refractivity contribution in [2.24, 2.45) is 23.2 Å². The average Bonchev–Trinajstić information content (AvgIpc) is 2.74. The molecule has 6 heteroatoms. The van der Waals surface area contributed by atoms with Gasteiger partial charge in [-0.05, 0) is 68.8 Å². The first kappa shape index (κ1) is 26.6. The van der Waals surface area contributed by atoms with Crippen LogP contribution in [0.1, 0.15) is 85.5 Å². The van der Waals surface area contributed by atoms with E-state index in [0.717, 1.165) is 32.1 Å². The zero-order valence-corrected chi connectivity index (χ0v) is 20.1. The number of hydrogen-bond acceptors (Lipinski definition) is 6. The fourth-order valence-corrected chi connectivity index (χ4v) is 5.49. The highest BCUT2D eigenvalue weighted by molar-refractivity contribution is 5.77. The van der Waals surface area contributed by atoms with E-state index in [9.17, 15) is 24.9 Å². The second-order valence-corrected chi connectivity index (χ2v) is 9.67. The highest BCUT2D eigenvalue weighted by atomic mass is 16.5. The van der Waals surface area contributed by atoms with Crippen LogP contribution in [0.3, 0.4) is 0 Å². The van der Waals surface area contributed by atoms with E-state index in [1.807, 2.05) is 20.8 Å². The van der Waals surface area contributed by atoms with E-state index >= 15 is 0 Å². The maximum Gasteiger partial charge on any atom is 0.312 e. The van der Waals surface area contributed by atoms with Crippen molar-refractivity contribution >= 4 is 11.9 Å². The molecule has 0 aliphatic heterocycles. The van der Waals surface area contributed by atoms with Gasteiger partial charge in [-0.25, -0.2) is 0 Å². The number of ether oxygens (including phenoxy) is 1. The van der Waals surface area contributed by atoms with Crippen molar-refractivity contribution in [2.45, 2.75) is 104 Å². The lowest BCUT2D eigenvalue weighted by Crippen LogP contribution is -2.42. The molecule has 2 aliphatic carbocycles. The number of aliphatic hydroxyl groups is 2. The van der Waals surface area contributed by atoms with Crippen molar-refractivity contribution in [1.82, 2.24) is 0 Å². The number of carbonyl (C=O) groups excluding carboxylic acids is 2. The first-order valence-corrected chi connectivity index (χ1v) is 12.3. The van der Waals surface area contributed by atoms with Crippen LogP contribution >= 0.6 is 0 Å². The molecule has 0 amide bonds. The van der Waals surface area contributed by atoms with Crippen LogP contribution in [0, 0.1) is 23.2 Å². The predicted octanol–water partition coefficient (Wildman–Crippen LogP) is 3.31. The Kier molecular flexibility index (Phi) is 9.96. The highest BCUT2D eigenvalue weighted by Crippen LogP contribution is 2.45. The third kappa shape index (κ3) is 6.44. The maximum absolute atomic E-state index is 13.2. The highest BCUT2D eigenvalue weighted by Gasteiger charge is 2.43. The Morgan fingerprint density at radius 2 is 1.84 bits per heavy atom. The van der Waals surface area contributed by atoms with Gasteiger partial charge in [0.1, 0.15) is 6.10 Å². The molecule has 0 bridgehead atoms. The Morgan fingerprint density at radius 1 is 1.19 bits per heavy atom. The Labute approximate surface area is 192 Å². The molecule has 182 valence electrons. The standard InChI is InChI=1S/C26H42O6/c1-5-26(6-2,7-3)25(31)32-22-10-8-9-18-12-11-17(4)21(24(18)22)14-13-19(27)15-20(28)16-23(29)30/h9,11-12,17,19-22,24,27-28H,5-8,10,13-16H2,1-4H3,(H,29,30)/p-1/t17-,19+,20+,21-,22-,24-/m0/s1. The third-order valence-corrected chi connectivity index (χ3v) is 7.85. The van der Waals surface area contributed by atoms with Gasteiger partial charge in [0.05, 0.1) is 17.6 Å². The van der Waals surface area contributed by atoms with Crippen LogP contribution in [-0.4, -0.2) is 40.5 Å². The summed E-state index contributed by atoms with van der Waals surface area (Å²) in [5, 5.41) is 30.8. The number of carboxylic acids is 1. The summed E-state index contributed by atoms with van der Waals surface area (Å²) >= 11 is 0. The van der Waals surface area contributed by atoms with Crippen molar-refractivity contribution in [2.75, 3.05) is 0 Å². The minimum Gasteiger partial charge on any atom is -0.550 e. The monoisotopic (exact) mass is 449 g/mol. The fraction of sp³-hybridized carbons (Fsp3) is 0.769. The minimum absolute atomic E-state index is 0.0166. The van der Waals surface area contributed by atoms with Gasteiger partial charge in [0.2, 0.25) is 0 Å². The molecule has 0 unspecified atom stereocenters. The van der Waals surface area contributed by atoms with Crippen molar-refractivity contribution in [3.63, 3.8) is 0 Å². The first-order chi connectivity index (χ1) is 15.2. The molecule has 0 fully saturated rings. The van der Waals surface area contributed by atoms with E-state index in [2.05, 4.69) is 25.2 Å². The minimum atomic E-state index is -1.32. The van der Waals surface area contributed by atoms with Gasteiger partial charge < -0.3 is 24.9 Å². The van der Waals surface area contributed by atoms with Crippen LogP contribution in [0.2, 0.25) is 0 Å². The molecular weight excluding hydrogens is 408 g/mol. The quantitative estimate of drug-likeness (QED) is 0.443. The SMILES string of the molecule is CCC(CC)(CC)C(=O)O[C@H]1CCC=C2C=C[C@H](C)[C@H](CC[C@@H](O)C[C@@H](O)CC(=O)[O-])[C@H]21. The summed E-state index contributed by atoms with van der Waals surface area (Å²) in [5.41, 5.74) is 0.775. The first-order valence-electron chi connectivity index (χ1n) is 12.3. The van der Waals surface area contributed by atoms with Crippen LogP contribution in [-0.2, 0) is 14.3 Å². The molecule has 2 rings (SSSR count). The summed E-state index contributed by atoms with van der Waals surface area (Å²) in [6.07, 6.45) is 9.18. The van der Waals surface area contributed by atoms with Gasteiger partial charge in [-0.3, -0.25) is 4.79 Å². The van der Waals surface area contributed by atoms with Gasteiger partial charge in [0.15, 0.2) is 0 Å². The number of esters is 1. The Balaban J connectivity index is 2.11. The van der Waals surface area contributed by atoms with E-state index in [0.29, 0.717) is 12.8 Å². The Bertz CT molecular complexity index is 684. The number of carbonyl (C=O) groups is 2. The van der Waals surface area contributed by atoms with Gasteiger partial charge in [-0.15, -0.1) is 0 Å². The van der Waals surface area contributed by atoms with Gasteiger partial charge in [0.25, 0.3) is 0 Å². The topological polar surface area (TPSA) is 107 Å². The molecular formula is C26H41O6-. The smallest absolute Gasteiger partial charge is 0.312 e. The number of aliphatic hydroxyl groups excluding tert-OH is 2. The van der Waals surface area contributed by atoms with E-state index in [1.54, 1.807) is 0 Å². The van der Waals surface area contributed by atoms with E-state index < -0.39 is 30.0 Å². The number of allylic oxidation sites excluding steroid dienone is 3. The lowest BCUT2D eigenvalue weighted by molar-refractivity contribution is -0.307. The summed E-state index contributed by atoms with van der Waals surface area (Å²) in [6.45, 7) is 8.29. The van der Waals surface area contributed by atoms with Crippen LogP contribution in [0.5, 0.6) is 0 Å². The molecule has 2 aliphatic rings. The molecule has 0 radical (unpaired) electrons. The van der Waals surface area contributed by atoms with E-state index in [-0.39, 0.29) is 36.2 Å². The number of hydrogen-bond donors (Lipinski definition) is 2. The van der Waals surface area contributed by atoms with E-state index in [4.69, 9.17) is 4.74 Å². The van der Waals surface area contributed by atoms with Crippen molar-refractivity contribution in [3.8, 4) is 0 Å². The maximum atomic E-state index is 13.2. The molecule has 32 heavy (non-hydrogen) atoms. The molecule has 0 heterocycles. The van der Waals surface area contributed by atoms with Crippen LogP contribution in [0.25, 0.3) is 0 Å². The predicted molar refractivity (Wildman–Crippen MR) is 121 cm³/mol. The molecule has 0 spiro atoms. The summed E-state index contributed by atoms with van der Waals surface area (Å²) in [4.78, 5) is 23.8. The molecule has 6 atom stereocenters. The Hall–Kier alpha value is -1.66. The normalized spacial score (nSPS) is 27.2. The zero-order valence-electron chi connectivity index (χ0n) is 20.1. The molecule has 0 aromatic heterocycles. The average molecular weight is 450 g/mol. The van der Waals surface area contributed by atoms with Crippen molar-refractivity contribution in [3.05, 3.63) is 23.8 Å². The molecule has 0 saturated carbocycles. The van der Waals surface area contributed by atoms with Crippen LogP contribution in [0.15, 0.2) is 23.8 Å². The van der Waals surface area contributed by atoms with E-state index in [1.165, 1.54) is 5.57 Å². The largest absolute Gasteiger partial charge is 0.550 e. The van der Waals surface area contributed by atoms with Gasteiger partial charge in [-0.1, -0.05) is 45.9 Å². The number of carboxylic acid groups (broad SMARTS) is 1. The number of rotatable bonds is 12. The summed E-state index contributed by atoms with van der Waals surface area (Å²) in [7, 11) is 0. The zero-order chi connectivity index (χ0) is 23.9. The third-order valence-electron chi connectivity index (χ3n) is 7.85. The second kappa shape index (κ2) is 12.0. The lowest BCUT2D eigenvalue weighted by atomic mass is 9.66. The number of aliphatic carboxylic acids is 1. The van der Waals surface area contributed by atoms with Gasteiger partial charge in [-0.2, -0.15) is 0 Å². The Morgan fingerprint density at radius 3 is 2.44 bits per heavy atom. The summed E-state index contributed by atoms with van der Waals surface area (Å²) in [6, 6.07) is 0. The van der Waals surface area contributed by atoms with Crippen molar-refractivity contribution < 1.29 is 29.6 Å². The van der Waals surface area contributed by atoms with Crippen LogP contribution in [0.4, 0.5) is 0 Å².